The van der Waals surface area contributed by atoms with Crippen molar-refractivity contribution < 1.29 is 17.2 Å². The Morgan fingerprint density at radius 1 is 0.794 bits per heavy atom. The summed E-state index contributed by atoms with van der Waals surface area (Å²) in [6, 6.07) is 12.9. The minimum Gasteiger partial charge on any atom is -0.278 e. The minimum absolute atomic E-state index is 0.101. The summed E-state index contributed by atoms with van der Waals surface area (Å²) in [6.45, 7) is 0. The van der Waals surface area contributed by atoms with Crippen molar-refractivity contribution in [2.24, 2.45) is 0 Å². The summed E-state index contributed by atoms with van der Waals surface area (Å²) in [7, 11) is -4.31. The van der Waals surface area contributed by atoms with E-state index in [0.717, 1.165) is 23.3 Å². The first kappa shape index (κ1) is 21.5. The molecule has 5 rings (SSSR count). The molecule has 0 saturated heterocycles. The molecule has 0 bridgehead atoms. The number of halogens is 2. The highest BCUT2D eigenvalue weighted by Gasteiger charge is 2.20. The Morgan fingerprint density at radius 2 is 1.62 bits per heavy atom. The zero-order valence-electron chi connectivity index (χ0n) is 17.4. The van der Waals surface area contributed by atoms with Crippen LogP contribution >= 0.6 is 0 Å². The van der Waals surface area contributed by atoms with E-state index in [9.17, 15) is 17.2 Å². The molecule has 5 aromatic rings. The maximum atomic E-state index is 14.0. The summed E-state index contributed by atoms with van der Waals surface area (Å²) < 4.78 is 54.7. The number of hydrogen-bond donors (Lipinski definition) is 1. The van der Waals surface area contributed by atoms with Gasteiger partial charge in [0.2, 0.25) is 0 Å². The highest BCUT2D eigenvalue weighted by atomic mass is 32.2. The second-order valence-electron chi connectivity index (χ2n) is 7.30. The first-order chi connectivity index (χ1) is 16.4. The van der Waals surface area contributed by atoms with Gasteiger partial charge in [0.25, 0.3) is 10.0 Å². The van der Waals surface area contributed by atoms with E-state index in [2.05, 4.69) is 19.7 Å². The molecule has 0 amide bonds. The first-order valence-corrected chi connectivity index (χ1v) is 11.5. The molecular weight excluding hydrogens is 460 g/mol. The number of aromatic nitrogens is 4. The fourth-order valence-electron chi connectivity index (χ4n) is 3.49. The van der Waals surface area contributed by atoms with Crippen LogP contribution in [-0.4, -0.2) is 28.4 Å². The molecule has 10 heteroatoms. The zero-order chi connectivity index (χ0) is 23.7. The van der Waals surface area contributed by atoms with E-state index in [0.29, 0.717) is 28.4 Å². The Labute approximate surface area is 193 Å². The second-order valence-corrected chi connectivity index (χ2v) is 8.95. The lowest BCUT2D eigenvalue weighted by atomic mass is 10.1. The van der Waals surface area contributed by atoms with Gasteiger partial charge < -0.3 is 0 Å². The maximum Gasteiger partial charge on any atom is 0.264 e. The normalized spacial score (nSPS) is 11.5. The van der Waals surface area contributed by atoms with Crippen LogP contribution < -0.4 is 4.72 Å². The number of anilines is 1. The van der Waals surface area contributed by atoms with E-state index in [4.69, 9.17) is 4.98 Å². The predicted molar refractivity (Wildman–Crippen MR) is 123 cm³/mol. The van der Waals surface area contributed by atoms with Crippen LogP contribution in [0.15, 0.2) is 90.5 Å². The molecule has 0 aliphatic heterocycles. The van der Waals surface area contributed by atoms with Crippen molar-refractivity contribution >= 4 is 26.7 Å². The van der Waals surface area contributed by atoms with Crippen molar-refractivity contribution in [3.05, 3.63) is 97.2 Å². The molecule has 0 spiro atoms. The summed E-state index contributed by atoms with van der Waals surface area (Å²) in [5.74, 6) is -2.06. The molecule has 0 unspecified atom stereocenters. The standard InChI is InChI=1S/C24H15F2N5O2S/c25-17-1-4-23(20(26)12-17)34(32,33)31-18-11-16(13-28-14-18)21-2-3-22-24(30-21)19(7-10-29-22)15-5-8-27-9-6-15/h1-14,31H. The lowest BCUT2D eigenvalue weighted by Gasteiger charge is -2.11. The molecule has 1 aromatic carbocycles. The van der Waals surface area contributed by atoms with Crippen LogP contribution in [0.5, 0.6) is 0 Å². The summed E-state index contributed by atoms with van der Waals surface area (Å²) in [5.41, 5.74) is 4.31. The molecule has 168 valence electrons. The number of rotatable bonds is 5. The largest absolute Gasteiger partial charge is 0.278 e. The molecule has 0 saturated carbocycles. The lowest BCUT2D eigenvalue weighted by molar-refractivity contribution is 0.551. The summed E-state index contributed by atoms with van der Waals surface area (Å²) in [5, 5.41) is 0. The van der Waals surface area contributed by atoms with Crippen molar-refractivity contribution in [3.8, 4) is 22.4 Å². The number of fused-ring (bicyclic) bond motifs is 1. The Balaban J connectivity index is 1.53. The molecule has 0 fully saturated rings. The molecule has 7 nitrogen and oxygen atoms in total. The molecular formula is C24H15F2N5O2S. The van der Waals surface area contributed by atoms with Crippen LogP contribution in [0.1, 0.15) is 0 Å². The van der Waals surface area contributed by atoms with Crippen molar-refractivity contribution in [2.75, 3.05) is 4.72 Å². The van der Waals surface area contributed by atoms with Crippen molar-refractivity contribution in [1.29, 1.82) is 0 Å². The van der Waals surface area contributed by atoms with Gasteiger partial charge in [0.1, 0.15) is 16.5 Å². The van der Waals surface area contributed by atoms with Gasteiger partial charge in [-0.25, -0.2) is 22.2 Å². The van der Waals surface area contributed by atoms with Gasteiger partial charge in [-0.05, 0) is 54.1 Å². The first-order valence-electron chi connectivity index (χ1n) is 10.0. The van der Waals surface area contributed by atoms with Crippen LogP contribution in [0.2, 0.25) is 0 Å². The van der Waals surface area contributed by atoms with E-state index in [-0.39, 0.29) is 5.69 Å². The maximum absolute atomic E-state index is 14.0. The number of pyridine rings is 4. The molecule has 0 aliphatic carbocycles. The van der Waals surface area contributed by atoms with Crippen LogP contribution in [0, 0.1) is 11.6 Å². The van der Waals surface area contributed by atoms with E-state index in [1.807, 2.05) is 24.3 Å². The molecule has 4 aromatic heterocycles. The molecule has 0 radical (unpaired) electrons. The predicted octanol–water partition coefficient (Wildman–Crippen LogP) is 4.83. The number of sulfonamides is 1. The lowest BCUT2D eigenvalue weighted by Crippen LogP contribution is -2.15. The van der Waals surface area contributed by atoms with Gasteiger partial charge in [-0.1, -0.05) is 0 Å². The average Bonchev–Trinajstić information content (AvgIpc) is 2.83. The van der Waals surface area contributed by atoms with Crippen LogP contribution in [0.4, 0.5) is 14.5 Å². The topological polar surface area (TPSA) is 97.7 Å². The Kier molecular flexibility index (Phi) is 5.42. The summed E-state index contributed by atoms with van der Waals surface area (Å²) >= 11 is 0. The summed E-state index contributed by atoms with van der Waals surface area (Å²) in [4.78, 5) is 16.6. The number of benzene rings is 1. The van der Waals surface area contributed by atoms with Crippen LogP contribution in [-0.2, 0) is 10.0 Å². The van der Waals surface area contributed by atoms with Crippen LogP contribution in [0.25, 0.3) is 33.4 Å². The number of nitrogens with zero attached hydrogens (tertiary/aromatic N) is 4. The van der Waals surface area contributed by atoms with Crippen molar-refractivity contribution in [2.45, 2.75) is 4.90 Å². The fraction of sp³-hybridized carbons (Fsp3) is 0. The Bertz CT molecular complexity index is 1630. The highest BCUT2D eigenvalue weighted by molar-refractivity contribution is 7.92. The molecule has 1 N–H and O–H groups in total. The molecule has 0 atom stereocenters. The Morgan fingerprint density at radius 3 is 2.41 bits per heavy atom. The average molecular weight is 475 g/mol. The van der Waals surface area contributed by atoms with E-state index >= 15 is 0 Å². The van der Waals surface area contributed by atoms with Gasteiger partial charge in [-0.2, -0.15) is 0 Å². The monoisotopic (exact) mass is 475 g/mol. The Hall–Kier alpha value is -4.31. The molecule has 0 aliphatic rings. The van der Waals surface area contributed by atoms with Gasteiger partial charge in [-0.3, -0.25) is 19.7 Å². The SMILES string of the molecule is O=S(=O)(Nc1cncc(-c2ccc3nccc(-c4ccncc4)c3n2)c1)c1ccc(F)cc1F. The molecule has 34 heavy (non-hydrogen) atoms. The third-order valence-corrected chi connectivity index (χ3v) is 6.46. The molecule has 4 heterocycles. The smallest absolute Gasteiger partial charge is 0.264 e. The van der Waals surface area contributed by atoms with Gasteiger partial charge in [0.05, 0.1) is 28.6 Å². The van der Waals surface area contributed by atoms with Crippen LogP contribution in [0.3, 0.4) is 0 Å². The second kappa shape index (κ2) is 8.56. The van der Waals surface area contributed by atoms with Gasteiger partial charge >= 0.3 is 0 Å². The number of hydrogen-bond acceptors (Lipinski definition) is 6. The third kappa shape index (κ3) is 4.18. The van der Waals surface area contributed by atoms with E-state index in [1.165, 1.54) is 18.5 Å². The van der Waals surface area contributed by atoms with Crippen molar-refractivity contribution in [1.82, 2.24) is 19.9 Å². The van der Waals surface area contributed by atoms with Gasteiger partial charge in [0.15, 0.2) is 0 Å². The zero-order valence-corrected chi connectivity index (χ0v) is 18.2. The summed E-state index contributed by atoms with van der Waals surface area (Å²) in [6.07, 6.45) is 7.90. The van der Waals surface area contributed by atoms with E-state index in [1.54, 1.807) is 24.7 Å². The van der Waals surface area contributed by atoms with E-state index < -0.39 is 26.6 Å². The number of nitrogens with one attached hydrogen (secondary N) is 1. The van der Waals surface area contributed by atoms with Gasteiger partial charge in [-0.15, -0.1) is 0 Å². The fourth-order valence-corrected chi connectivity index (χ4v) is 4.58. The minimum atomic E-state index is -4.31. The van der Waals surface area contributed by atoms with Crippen molar-refractivity contribution in [3.63, 3.8) is 0 Å². The highest BCUT2D eigenvalue weighted by Crippen LogP contribution is 2.29. The quantitative estimate of drug-likeness (QED) is 0.391. The third-order valence-electron chi connectivity index (χ3n) is 5.04. The van der Waals surface area contributed by atoms with Gasteiger partial charge in [0, 0.05) is 42.0 Å².